The van der Waals surface area contributed by atoms with E-state index in [9.17, 15) is 0 Å². The molecule has 0 saturated carbocycles. The monoisotopic (exact) mass is 310 g/mol. The summed E-state index contributed by atoms with van der Waals surface area (Å²) in [5, 5.41) is 7.06. The first-order valence-corrected chi connectivity index (χ1v) is 9.32. The lowest BCUT2D eigenvalue weighted by atomic mass is 9.97. The van der Waals surface area contributed by atoms with Crippen molar-refractivity contribution in [3.63, 3.8) is 0 Å². The fourth-order valence-corrected chi connectivity index (χ4v) is 3.39. The van der Waals surface area contributed by atoms with Gasteiger partial charge in [0.25, 0.3) is 0 Å². The zero-order valence-electron chi connectivity index (χ0n) is 15.3. The second-order valence-corrected chi connectivity index (χ2v) is 6.90. The predicted molar refractivity (Wildman–Crippen MR) is 97.5 cm³/mol. The van der Waals surface area contributed by atoms with E-state index >= 15 is 0 Å². The summed E-state index contributed by atoms with van der Waals surface area (Å²) in [4.78, 5) is 6.82. The molecule has 2 atom stereocenters. The number of hydrogen-bond acceptors (Lipinski definition) is 2. The van der Waals surface area contributed by atoms with Gasteiger partial charge in [0, 0.05) is 26.7 Å². The van der Waals surface area contributed by atoms with Crippen molar-refractivity contribution >= 4 is 5.96 Å². The molecule has 1 rings (SSSR count). The molecule has 2 unspecified atom stereocenters. The SMILES string of the molecule is CCCCC(CCC)CNC(=NC)NCC1CCCN(C)C1. The molecule has 0 aliphatic carbocycles. The van der Waals surface area contributed by atoms with Crippen LogP contribution in [0.5, 0.6) is 0 Å². The van der Waals surface area contributed by atoms with Crippen molar-refractivity contribution in [1.29, 1.82) is 0 Å². The number of hydrogen-bond donors (Lipinski definition) is 2. The summed E-state index contributed by atoms with van der Waals surface area (Å²) in [6, 6.07) is 0. The summed E-state index contributed by atoms with van der Waals surface area (Å²) < 4.78 is 0. The Kier molecular flexibility index (Phi) is 10.3. The van der Waals surface area contributed by atoms with Crippen LogP contribution >= 0.6 is 0 Å². The number of likely N-dealkylation sites (tertiary alicyclic amines) is 1. The van der Waals surface area contributed by atoms with Crippen LogP contribution in [0.3, 0.4) is 0 Å². The van der Waals surface area contributed by atoms with Crippen LogP contribution < -0.4 is 10.6 Å². The van der Waals surface area contributed by atoms with E-state index in [1.54, 1.807) is 0 Å². The van der Waals surface area contributed by atoms with Crippen LogP contribution in [0.15, 0.2) is 4.99 Å². The molecular weight excluding hydrogens is 272 g/mol. The molecule has 4 nitrogen and oxygen atoms in total. The number of rotatable bonds is 9. The summed E-state index contributed by atoms with van der Waals surface area (Å²) in [7, 11) is 4.10. The van der Waals surface area contributed by atoms with Gasteiger partial charge in [0.15, 0.2) is 5.96 Å². The third kappa shape index (κ3) is 8.02. The Morgan fingerprint density at radius 1 is 1.23 bits per heavy atom. The third-order valence-electron chi connectivity index (χ3n) is 4.72. The fraction of sp³-hybridized carbons (Fsp3) is 0.944. The lowest BCUT2D eigenvalue weighted by Gasteiger charge is -2.30. The first kappa shape index (κ1) is 19.3. The topological polar surface area (TPSA) is 39.7 Å². The molecule has 4 heteroatoms. The molecule has 0 aromatic carbocycles. The van der Waals surface area contributed by atoms with Crippen molar-refractivity contribution in [2.75, 3.05) is 40.3 Å². The van der Waals surface area contributed by atoms with Crippen LogP contribution in [-0.4, -0.2) is 51.1 Å². The zero-order valence-corrected chi connectivity index (χ0v) is 15.3. The highest BCUT2D eigenvalue weighted by atomic mass is 15.2. The van der Waals surface area contributed by atoms with E-state index in [1.165, 1.54) is 58.0 Å². The second kappa shape index (κ2) is 11.8. The maximum atomic E-state index is 4.38. The molecule has 1 aliphatic rings. The highest BCUT2D eigenvalue weighted by Gasteiger charge is 2.17. The van der Waals surface area contributed by atoms with Gasteiger partial charge in [-0.3, -0.25) is 4.99 Å². The minimum absolute atomic E-state index is 0.754. The van der Waals surface area contributed by atoms with Gasteiger partial charge in [-0.1, -0.05) is 33.1 Å². The maximum Gasteiger partial charge on any atom is 0.190 e. The van der Waals surface area contributed by atoms with E-state index in [0.29, 0.717) is 0 Å². The van der Waals surface area contributed by atoms with E-state index in [4.69, 9.17) is 0 Å². The standard InChI is InChI=1S/C18H38N4/c1-5-7-10-16(9-6-2)13-20-18(19-3)21-14-17-11-8-12-22(4)15-17/h16-17H,5-15H2,1-4H3,(H2,19,20,21). The second-order valence-electron chi connectivity index (χ2n) is 6.90. The molecule has 2 N–H and O–H groups in total. The summed E-state index contributed by atoms with van der Waals surface area (Å²) in [6.45, 7) is 9.11. The largest absolute Gasteiger partial charge is 0.356 e. The Hall–Kier alpha value is -0.770. The maximum absolute atomic E-state index is 4.38. The molecule has 0 aromatic rings. The van der Waals surface area contributed by atoms with Crippen molar-refractivity contribution in [2.45, 2.75) is 58.8 Å². The van der Waals surface area contributed by atoms with Crippen LogP contribution in [-0.2, 0) is 0 Å². The molecular formula is C18H38N4. The van der Waals surface area contributed by atoms with Gasteiger partial charge < -0.3 is 15.5 Å². The zero-order chi connectivity index (χ0) is 16.2. The predicted octanol–water partition coefficient (Wildman–Crippen LogP) is 3.10. The number of unbranched alkanes of at least 4 members (excludes halogenated alkanes) is 1. The highest BCUT2D eigenvalue weighted by molar-refractivity contribution is 5.79. The Balaban J connectivity index is 2.28. The number of nitrogens with one attached hydrogen (secondary N) is 2. The van der Waals surface area contributed by atoms with Crippen molar-refractivity contribution in [2.24, 2.45) is 16.8 Å². The third-order valence-corrected chi connectivity index (χ3v) is 4.72. The molecule has 0 spiro atoms. The molecule has 0 aromatic heterocycles. The first-order chi connectivity index (χ1) is 10.7. The quantitative estimate of drug-likeness (QED) is 0.508. The van der Waals surface area contributed by atoms with Crippen molar-refractivity contribution < 1.29 is 0 Å². The normalized spacial score (nSPS) is 21.6. The first-order valence-electron chi connectivity index (χ1n) is 9.32. The van der Waals surface area contributed by atoms with E-state index in [0.717, 1.165) is 30.9 Å². The Bertz CT molecular complexity index is 303. The van der Waals surface area contributed by atoms with Crippen LogP contribution in [0.4, 0.5) is 0 Å². The Morgan fingerprint density at radius 3 is 2.68 bits per heavy atom. The Labute approximate surface area is 138 Å². The van der Waals surface area contributed by atoms with E-state index < -0.39 is 0 Å². The average Bonchev–Trinajstić information content (AvgIpc) is 2.52. The molecule has 0 radical (unpaired) electrons. The minimum atomic E-state index is 0.754. The van der Waals surface area contributed by atoms with Gasteiger partial charge in [-0.25, -0.2) is 0 Å². The molecule has 1 fully saturated rings. The van der Waals surface area contributed by atoms with Crippen molar-refractivity contribution in [1.82, 2.24) is 15.5 Å². The summed E-state index contributed by atoms with van der Waals surface area (Å²) in [6.07, 6.45) is 9.22. The van der Waals surface area contributed by atoms with Crippen molar-refractivity contribution in [3.8, 4) is 0 Å². The highest BCUT2D eigenvalue weighted by Crippen LogP contribution is 2.15. The molecule has 130 valence electrons. The van der Waals surface area contributed by atoms with Crippen LogP contribution in [0.25, 0.3) is 0 Å². The van der Waals surface area contributed by atoms with Gasteiger partial charge in [0.05, 0.1) is 0 Å². The smallest absolute Gasteiger partial charge is 0.190 e. The van der Waals surface area contributed by atoms with Crippen LogP contribution in [0.1, 0.15) is 58.8 Å². The summed E-state index contributed by atoms with van der Waals surface area (Å²) >= 11 is 0. The van der Waals surface area contributed by atoms with Crippen LogP contribution in [0, 0.1) is 11.8 Å². The number of piperidine rings is 1. The number of nitrogens with zero attached hydrogens (tertiary/aromatic N) is 2. The van der Waals surface area contributed by atoms with Gasteiger partial charge in [0.1, 0.15) is 0 Å². The van der Waals surface area contributed by atoms with Gasteiger partial charge >= 0.3 is 0 Å². The average molecular weight is 311 g/mol. The van der Waals surface area contributed by atoms with Gasteiger partial charge in [-0.05, 0) is 51.1 Å². The summed E-state index contributed by atoms with van der Waals surface area (Å²) in [5.41, 5.74) is 0. The lowest BCUT2D eigenvalue weighted by molar-refractivity contribution is 0.210. The number of guanidine groups is 1. The molecule has 0 amide bonds. The number of aliphatic imine (C=N–C) groups is 1. The molecule has 1 saturated heterocycles. The molecule has 0 bridgehead atoms. The Morgan fingerprint density at radius 2 is 2.05 bits per heavy atom. The lowest BCUT2D eigenvalue weighted by Crippen LogP contribution is -2.44. The summed E-state index contributed by atoms with van der Waals surface area (Å²) in [5.74, 6) is 2.51. The van der Waals surface area contributed by atoms with Gasteiger partial charge in [0.2, 0.25) is 0 Å². The van der Waals surface area contributed by atoms with Crippen molar-refractivity contribution in [3.05, 3.63) is 0 Å². The van der Waals surface area contributed by atoms with E-state index in [-0.39, 0.29) is 0 Å². The van der Waals surface area contributed by atoms with E-state index in [1.807, 2.05) is 7.05 Å². The van der Waals surface area contributed by atoms with Crippen LogP contribution in [0.2, 0.25) is 0 Å². The minimum Gasteiger partial charge on any atom is -0.356 e. The van der Waals surface area contributed by atoms with Gasteiger partial charge in [-0.2, -0.15) is 0 Å². The van der Waals surface area contributed by atoms with E-state index in [2.05, 4.69) is 41.4 Å². The fourth-order valence-electron chi connectivity index (χ4n) is 3.39. The molecule has 1 heterocycles. The molecule has 1 aliphatic heterocycles. The van der Waals surface area contributed by atoms with Gasteiger partial charge in [-0.15, -0.1) is 0 Å². The molecule has 22 heavy (non-hydrogen) atoms.